The molecule has 6 nitrogen and oxygen atoms in total. The van der Waals surface area contributed by atoms with Crippen molar-refractivity contribution in [2.75, 3.05) is 18.4 Å². The van der Waals surface area contributed by atoms with Crippen molar-refractivity contribution in [1.82, 2.24) is 20.1 Å². The van der Waals surface area contributed by atoms with E-state index in [1.165, 1.54) is 30.6 Å². The van der Waals surface area contributed by atoms with Gasteiger partial charge in [0, 0.05) is 23.2 Å². The first-order chi connectivity index (χ1) is 11.8. The van der Waals surface area contributed by atoms with Crippen LogP contribution < -0.4 is 5.32 Å². The van der Waals surface area contributed by atoms with Gasteiger partial charge in [-0.2, -0.15) is 5.10 Å². The molecule has 0 bridgehead atoms. The van der Waals surface area contributed by atoms with Crippen LogP contribution in [-0.2, 0) is 17.8 Å². The molecule has 1 amide bonds. The zero-order chi connectivity index (χ0) is 16.4. The summed E-state index contributed by atoms with van der Waals surface area (Å²) in [7, 11) is 0. The summed E-state index contributed by atoms with van der Waals surface area (Å²) in [4.78, 5) is 19.7. The number of piperidine rings is 1. The van der Waals surface area contributed by atoms with Crippen molar-refractivity contribution in [3.05, 3.63) is 28.5 Å². The molecule has 0 saturated carbocycles. The standard InChI is InChI=1S/C17H23N5OS/c23-16(13-5-4-6-15-14(13)9-18-21-15)20-17-19-12(11-24-17)10-22-7-2-1-3-8-22/h9,11,13H,1-8,10H2,(H,18,21)(H,19,20,23)/t13-/m1/s1. The summed E-state index contributed by atoms with van der Waals surface area (Å²) >= 11 is 1.52. The molecule has 0 unspecified atom stereocenters. The maximum atomic E-state index is 12.6. The predicted octanol–water partition coefficient (Wildman–Crippen LogP) is 2.91. The lowest BCUT2D eigenvalue weighted by Crippen LogP contribution is -2.29. The second-order valence-corrected chi connectivity index (χ2v) is 7.58. The van der Waals surface area contributed by atoms with Crippen molar-refractivity contribution >= 4 is 22.4 Å². The van der Waals surface area contributed by atoms with E-state index in [1.54, 1.807) is 6.20 Å². The lowest BCUT2D eigenvalue weighted by atomic mass is 9.86. The number of carbonyl (C=O) groups is 1. The van der Waals surface area contributed by atoms with Crippen molar-refractivity contribution in [2.45, 2.75) is 51.0 Å². The monoisotopic (exact) mass is 345 g/mol. The molecule has 1 atom stereocenters. The van der Waals surface area contributed by atoms with Crippen LogP contribution in [0.1, 0.15) is 55.0 Å². The zero-order valence-electron chi connectivity index (χ0n) is 13.8. The number of aryl methyl sites for hydroxylation is 1. The molecule has 1 saturated heterocycles. The summed E-state index contributed by atoms with van der Waals surface area (Å²) in [5.41, 5.74) is 3.21. The summed E-state index contributed by atoms with van der Waals surface area (Å²) in [5, 5.41) is 12.9. The summed E-state index contributed by atoms with van der Waals surface area (Å²) < 4.78 is 0. The molecule has 7 heteroatoms. The number of aromatic nitrogens is 3. The van der Waals surface area contributed by atoms with Gasteiger partial charge in [0.25, 0.3) is 0 Å². The number of hydrogen-bond donors (Lipinski definition) is 2. The molecule has 1 aliphatic heterocycles. The van der Waals surface area contributed by atoms with Gasteiger partial charge in [0.15, 0.2) is 5.13 Å². The quantitative estimate of drug-likeness (QED) is 0.893. The van der Waals surface area contributed by atoms with E-state index in [0.717, 1.165) is 55.8 Å². The third kappa shape index (κ3) is 3.37. The second-order valence-electron chi connectivity index (χ2n) is 6.72. The Kier molecular flexibility index (Phi) is 4.62. The molecule has 128 valence electrons. The first kappa shape index (κ1) is 15.8. The van der Waals surface area contributed by atoms with Crippen LogP contribution in [0.2, 0.25) is 0 Å². The maximum Gasteiger partial charge on any atom is 0.233 e. The van der Waals surface area contributed by atoms with E-state index in [2.05, 4.69) is 30.8 Å². The third-order valence-electron chi connectivity index (χ3n) is 4.98. The predicted molar refractivity (Wildman–Crippen MR) is 94.1 cm³/mol. The molecule has 1 aliphatic carbocycles. The number of fused-ring (bicyclic) bond motifs is 1. The first-order valence-electron chi connectivity index (χ1n) is 8.79. The van der Waals surface area contributed by atoms with Gasteiger partial charge in [-0.05, 0) is 45.2 Å². The highest BCUT2D eigenvalue weighted by atomic mass is 32.1. The Balaban J connectivity index is 1.38. The number of anilines is 1. The molecule has 4 rings (SSSR count). The average Bonchev–Trinajstić information content (AvgIpc) is 3.24. The largest absolute Gasteiger partial charge is 0.301 e. The Bertz CT molecular complexity index is 703. The van der Waals surface area contributed by atoms with E-state index in [0.29, 0.717) is 5.13 Å². The topological polar surface area (TPSA) is 73.9 Å². The number of nitrogens with zero attached hydrogens (tertiary/aromatic N) is 3. The van der Waals surface area contributed by atoms with Crippen LogP contribution in [0.3, 0.4) is 0 Å². The van der Waals surface area contributed by atoms with Gasteiger partial charge in [-0.3, -0.25) is 14.8 Å². The number of nitrogens with one attached hydrogen (secondary N) is 2. The van der Waals surface area contributed by atoms with Gasteiger partial charge in [-0.1, -0.05) is 6.42 Å². The molecule has 3 heterocycles. The van der Waals surface area contributed by atoms with E-state index < -0.39 is 0 Å². The van der Waals surface area contributed by atoms with E-state index in [-0.39, 0.29) is 11.8 Å². The van der Waals surface area contributed by atoms with E-state index >= 15 is 0 Å². The van der Waals surface area contributed by atoms with Crippen molar-refractivity contribution in [3.63, 3.8) is 0 Å². The van der Waals surface area contributed by atoms with Gasteiger partial charge >= 0.3 is 0 Å². The Labute approximate surface area is 145 Å². The summed E-state index contributed by atoms with van der Waals surface area (Å²) in [6, 6.07) is 0. The van der Waals surface area contributed by atoms with Gasteiger partial charge in [0.1, 0.15) is 0 Å². The van der Waals surface area contributed by atoms with Crippen LogP contribution in [0.5, 0.6) is 0 Å². The zero-order valence-corrected chi connectivity index (χ0v) is 14.6. The molecular weight excluding hydrogens is 322 g/mol. The van der Waals surface area contributed by atoms with E-state index in [1.807, 2.05) is 0 Å². The van der Waals surface area contributed by atoms with Crippen LogP contribution >= 0.6 is 11.3 Å². The number of likely N-dealkylation sites (tertiary alicyclic amines) is 1. The number of thiazole rings is 1. The summed E-state index contributed by atoms with van der Waals surface area (Å²) in [6.07, 6.45) is 8.58. The number of carbonyl (C=O) groups excluding carboxylic acids is 1. The average molecular weight is 345 g/mol. The van der Waals surface area contributed by atoms with Crippen LogP contribution in [-0.4, -0.2) is 39.1 Å². The molecule has 2 N–H and O–H groups in total. The highest BCUT2D eigenvalue weighted by Gasteiger charge is 2.28. The van der Waals surface area contributed by atoms with Crippen molar-refractivity contribution < 1.29 is 4.79 Å². The SMILES string of the molecule is O=C(Nc1nc(CN2CCCCC2)cs1)[C@@H]1CCCc2[nH]ncc21. The molecule has 2 aromatic heterocycles. The minimum absolute atomic E-state index is 0.0382. The fourth-order valence-corrected chi connectivity index (χ4v) is 4.41. The van der Waals surface area contributed by atoms with Gasteiger partial charge in [0.2, 0.25) is 5.91 Å². The maximum absolute atomic E-state index is 12.6. The molecule has 0 aromatic carbocycles. The Hall–Kier alpha value is -1.73. The van der Waals surface area contributed by atoms with Gasteiger partial charge in [0.05, 0.1) is 17.8 Å². The van der Waals surface area contributed by atoms with E-state index in [4.69, 9.17) is 0 Å². The summed E-state index contributed by atoms with van der Waals surface area (Å²) in [5.74, 6) is -0.0711. The van der Waals surface area contributed by atoms with E-state index in [9.17, 15) is 4.79 Å². The van der Waals surface area contributed by atoms with Gasteiger partial charge < -0.3 is 5.32 Å². The normalized spacial score (nSPS) is 21.4. The first-order valence-corrected chi connectivity index (χ1v) is 9.67. The van der Waals surface area contributed by atoms with Gasteiger partial charge in [-0.25, -0.2) is 4.98 Å². The highest BCUT2D eigenvalue weighted by molar-refractivity contribution is 7.13. The van der Waals surface area contributed by atoms with Crippen LogP contribution in [0.15, 0.2) is 11.6 Å². The Morgan fingerprint density at radius 1 is 1.33 bits per heavy atom. The minimum Gasteiger partial charge on any atom is -0.301 e. The number of hydrogen-bond acceptors (Lipinski definition) is 5. The number of H-pyrrole nitrogens is 1. The number of aromatic amines is 1. The van der Waals surface area contributed by atoms with Crippen LogP contribution in [0, 0.1) is 0 Å². The smallest absolute Gasteiger partial charge is 0.233 e. The highest BCUT2D eigenvalue weighted by Crippen LogP contribution is 2.31. The lowest BCUT2D eigenvalue weighted by molar-refractivity contribution is -0.117. The molecule has 2 aliphatic rings. The Morgan fingerprint density at radius 3 is 3.08 bits per heavy atom. The minimum atomic E-state index is -0.109. The molecular formula is C17H23N5OS. The van der Waals surface area contributed by atoms with Crippen molar-refractivity contribution in [3.8, 4) is 0 Å². The molecule has 2 aromatic rings. The summed E-state index contributed by atoms with van der Waals surface area (Å²) in [6.45, 7) is 3.21. The third-order valence-corrected chi connectivity index (χ3v) is 5.79. The Morgan fingerprint density at radius 2 is 2.21 bits per heavy atom. The number of amides is 1. The fraction of sp³-hybridized carbons (Fsp3) is 0.588. The van der Waals surface area contributed by atoms with Gasteiger partial charge in [-0.15, -0.1) is 11.3 Å². The fourth-order valence-electron chi connectivity index (χ4n) is 3.71. The van der Waals surface area contributed by atoms with Crippen molar-refractivity contribution in [1.29, 1.82) is 0 Å². The number of rotatable bonds is 4. The molecule has 1 fully saturated rings. The van der Waals surface area contributed by atoms with Crippen LogP contribution in [0.4, 0.5) is 5.13 Å². The molecule has 0 spiro atoms. The molecule has 0 radical (unpaired) electrons. The molecule has 24 heavy (non-hydrogen) atoms. The second kappa shape index (κ2) is 7.03. The van der Waals surface area contributed by atoms with Crippen molar-refractivity contribution in [2.24, 2.45) is 0 Å². The van der Waals surface area contributed by atoms with Crippen LogP contribution in [0.25, 0.3) is 0 Å². The lowest BCUT2D eigenvalue weighted by Gasteiger charge is -2.25.